The van der Waals surface area contributed by atoms with Crippen LogP contribution in [0.3, 0.4) is 0 Å². The molecule has 0 spiro atoms. The molecule has 0 N–H and O–H groups in total. The van der Waals surface area contributed by atoms with Crippen LogP contribution in [0, 0.1) is 5.82 Å². The number of hydrogen-bond acceptors (Lipinski definition) is 2. The van der Waals surface area contributed by atoms with Crippen molar-refractivity contribution in [2.45, 2.75) is 5.88 Å². The molecule has 1 heterocycles. The van der Waals surface area contributed by atoms with E-state index in [-0.39, 0.29) is 5.82 Å². The molecule has 5 heteroatoms. The number of ether oxygens (including phenoxy) is 1. The largest absolute Gasteiger partial charge is 0.496 e. The number of halogens is 2. The monoisotopic (exact) mass is 254 g/mol. The molecule has 0 saturated heterocycles. The van der Waals surface area contributed by atoms with Crippen LogP contribution < -0.4 is 4.74 Å². The maximum atomic E-state index is 13.3. The lowest BCUT2D eigenvalue weighted by Gasteiger charge is -2.08. The summed E-state index contributed by atoms with van der Waals surface area (Å²) >= 11 is 5.72. The first-order chi connectivity index (χ1) is 8.15. The van der Waals surface area contributed by atoms with E-state index in [1.165, 1.54) is 12.1 Å². The van der Waals surface area contributed by atoms with E-state index in [0.717, 1.165) is 11.4 Å². The molecule has 1 aromatic carbocycles. The number of nitrogens with zero attached hydrogens (tertiary/aromatic N) is 2. The fourth-order valence-electron chi connectivity index (χ4n) is 1.72. The average Bonchev–Trinajstić information content (AvgIpc) is 2.70. The van der Waals surface area contributed by atoms with E-state index in [1.807, 2.05) is 6.07 Å². The molecular weight excluding hydrogens is 243 g/mol. The SMILES string of the molecule is COc1ccc(F)cc1-c1cc(CCl)nn1C. The van der Waals surface area contributed by atoms with E-state index in [1.54, 1.807) is 24.9 Å². The van der Waals surface area contributed by atoms with Crippen molar-refractivity contribution in [2.75, 3.05) is 7.11 Å². The molecule has 0 aliphatic rings. The van der Waals surface area contributed by atoms with Crippen LogP contribution in [0.5, 0.6) is 5.75 Å². The first-order valence-electron chi connectivity index (χ1n) is 5.08. The van der Waals surface area contributed by atoms with Crippen LogP contribution in [-0.2, 0) is 12.9 Å². The standard InChI is InChI=1S/C12H12ClFN2O/c1-16-11(6-9(7-13)15-16)10-5-8(14)3-4-12(10)17-2/h3-6H,7H2,1-2H3. The van der Waals surface area contributed by atoms with Crippen LogP contribution >= 0.6 is 11.6 Å². The van der Waals surface area contributed by atoms with Gasteiger partial charge in [-0.3, -0.25) is 4.68 Å². The summed E-state index contributed by atoms with van der Waals surface area (Å²) < 4.78 is 20.2. The Hall–Kier alpha value is -1.55. The van der Waals surface area contributed by atoms with E-state index in [2.05, 4.69) is 5.10 Å². The number of alkyl halides is 1. The van der Waals surface area contributed by atoms with Crippen molar-refractivity contribution < 1.29 is 9.13 Å². The number of aryl methyl sites for hydroxylation is 1. The van der Waals surface area contributed by atoms with Crippen molar-refractivity contribution in [1.29, 1.82) is 0 Å². The van der Waals surface area contributed by atoms with Crippen molar-refractivity contribution in [3.63, 3.8) is 0 Å². The molecule has 3 nitrogen and oxygen atoms in total. The zero-order chi connectivity index (χ0) is 12.4. The van der Waals surface area contributed by atoms with Crippen LogP contribution in [0.2, 0.25) is 0 Å². The minimum absolute atomic E-state index is 0.311. The van der Waals surface area contributed by atoms with Crippen molar-refractivity contribution in [3.05, 3.63) is 35.8 Å². The van der Waals surface area contributed by atoms with Gasteiger partial charge in [0.15, 0.2) is 0 Å². The van der Waals surface area contributed by atoms with E-state index >= 15 is 0 Å². The highest BCUT2D eigenvalue weighted by atomic mass is 35.5. The lowest BCUT2D eigenvalue weighted by molar-refractivity contribution is 0.415. The predicted octanol–water partition coefficient (Wildman–Crippen LogP) is 2.97. The minimum Gasteiger partial charge on any atom is -0.496 e. The number of benzene rings is 1. The predicted molar refractivity (Wildman–Crippen MR) is 64.7 cm³/mol. The lowest BCUT2D eigenvalue weighted by Crippen LogP contribution is -1.96. The van der Waals surface area contributed by atoms with Crippen LogP contribution in [0.4, 0.5) is 4.39 Å². The second kappa shape index (κ2) is 4.75. The molecule has 0 aliphatic carbocycles. The zero-order valence-corrected chi connectivity index (χ0v) is 10.3. The van der Waals surface area contributed by atoms with E-state index < -0.39 is 0 Å². The van der Waals surface area contributed by atoms with Crippen LogP contribution in [0.1, 0.15) is 5.69 Å². The van der Waals surface area contributed by atoms with Gasteiger partial charge >= 0.3 is 0 Å². The molecule has 0 radical (unpaired) electrons. The van der Waals surface area contributed by atoms with Gasteiger partial charge in [0.1, 0.15) is 11.6 Å². The molecule has 0 amide bonds. The molecule has 0 fully saturated rings. The van der Waals surface area contributed by atoms with Crippen molar-refractivity contribution in [1.82, 2.24) is 9.78 Å². The smallest absolute Gasteiger partial charge is 0.128 e. The minimum atomic E-state index is -0.311. The Labute approximate surface area is 104 Å². The molecule has 0 bridgehead atoms. The second-order valence-electron chi connectivity index (χ2n) is 3.62. The Balaban J connectivity index is 2.58. The summed E-state index contributed by atoms with van der Waals surface area (Å²) in [6.07, 6.45) is 0. The van der Waals surface area contributed by atoms with Gasteiger partial charge in [0.05, 0.1) is 24.4 Å². The first-order valence-corrected chi connectivity index (χ1v) is 5.62. The van der Waals surface area contributed by atoms with E-state index in [4.69, 9.17) is 16.3 Å². The summed E-state index contributed by atoms with van der Waals surface area (Å²) in [6.45, 7) is 0. The topological polar surface area (TPSA) is 27.1 Å². The molecule has 1 aromatic heterocycles. The van der Waals surface area contributed by atoms with Crippen molar-refractivity contribution >= 4 is 11.6 Å². The molecule has 2 aromatic rings. The highest BCUT2D eigenvalue weighted by molar-refractivity contribution is 6.16. The van der Waals surface area contributed by atoms with Crippen molar-refractivity contribution in [2.24, 2.45) is 7.05 Å². The maximum Gasteiger partial charge on any atom is 0.128 e. The second-order valence-corrected chi connectivity index (χ2v) is 3.89. The molecule has 90 valence electrons. The van der Waals surface area contributed by atoms with Gasteiger partial charge in [0.25, 0.3) is 0 Å². The average molecular weight is 255 g/mol. The molecule has 0 saturated carbocycles. The lowest BCUT2D eigenvalue weighted by atomic mass is 10.1. The Kier molecular flexibility index (Phi) is 3.33. The fourth-order valence-corrected chi connectivity index (χ4v) is 1.85. The quantitative estimate of drug-likeness (QED) is 0.788. The number of methoxy groups -OCH3 is 1. The summed E-state index contributed by atoms with van der Waals surface area (Å²) in [7, 11) is 3.34. The molecule has 17 heavy (non-hydrogen) atoms. The summed E-state index contributed by atoms with van der Waals surface area (Å²) in [5, 5.41) is 4.22. The molecular formula is C12H12ClFN2O. The third-order valence-electron chi connectivity index (χ3n) is 2.50. The summed E-state index contributed by atoms with van der Waals surface area (Å²) in [5.41, 5.74) is 2.19. The van der Waals surface area contributed by atoms with Crippen LogP contribution in [-0.4, -0.2) is 16.9 Å². The van der Waals surface area contributed by atoms with E-state index in [9.17, 15) is 4.39 Å². The first kappa shape index (κ1) is 11.9. The molecule has 0 unspecified atom stereocenters. The summed E-state index contributed by atoms with van der Waals surface area (Å²) in [6, 6.07) is 6.21. The van der Waals surface area contributed by atoms with Gasteiger partial charge in [0.2, 0.25) is 0 Å². The van der Waals surface area contributed by atoms with Gasteiger partial charge in [-0.2, -0.15) is 5.10 Å². The van der Waals surface area contributed by atoms with Gasteiger partial charge in [-0.1, -0.05) is 0 Å². The Morgan fingerprint density at radius 3 is 2.76 bits per heavy atom. The summed E-state index contributed by atoms with van der Waals surface area (Å²) in [4.78, 5) is 0. The number of aromatic nitrogens is 2. The number of hydrogen-bond donors (Lipinski definition) is 0. The van der Waals surface area contributed by atoms with Gasteiger partial charge in [-0.25, -0.2) is 4.39 Å². The maximum absolute atomic E-state index is 13.3. The Morgan fingerprint density at radius 2 is 2.18 bits per heavy atom. The Morgan fingerprint density at radius 1 is 1.41 bits per heavy atom. The third-order valence-corrected chi connectivity index (χ3v) is 2.78. The van der Waals surface area contributed by atoms with Crippen LogP contribution in [0.25, 0.3) is 11.3 Å². The highest BCUT2D eigenvalue weighted by Crippen LogP contribution is 2.30. The highest BCUT2D eigenvalue weighted by Gasteiger charge is 2.12. The fraction of sp³-hybridized carbons (Fsp3) is 0.250. The van der Waals surface area contributed by atoms with Gasteiger partial charge in [-0.05, 0) is 24.3 Å². The van der Waals surface area contributed by atoms with E-state index in [0.29, 0.717) is 17.2 Å². The third kappa shape index (κ3) is 2.26. The van der Waals surface area contributed by atoms with Crippen LogP contribution in [0.15, 0.2) is 24.3 Å². The van der Waals surface area contributed by atoms with Gasteiger partial charge in [-0.15, -0.1) is 11.6 Å². The zero-order valence-electron chi connectivity index (χ0n) is 9.58. The molecule has 2 rings (SSSR count). The molecule has 0 aliphatic heterocycles. The molecule has 0 atom stereocenters. The Bertz CT molecular complexity index is 539. The normalized spacial score (nSPS) is 10.6. The summed E-state index contributed by atoms with van der Waals surface area (Å²) in [5.74, 6) is 0.621. The van der Waals surface area contributed by atoms with Gasteiger partial charge < -0.3 is 4.74 Å². The number of rotatable bonds is 3. The van der Waals surface area contributed by atoms with Gasteiger partial charge in [0, 0.05) is 12.6 Å². The van der Waals surface area contributed by atoms with Crippen molar-refractivity contribution in [3.8, 4) is 17.0 Å².